The van der Waals surface area contributed by atoms with Crippen LogP contribution in [0.3, 0.4) is 0 Å². The molecule has 1 atom stereocenters. The van der Waals surface area contributed by atoms with Crippen LogP contribution in [0.25, 0.3) is 0 Å². The molecule has 1 aromatic carbocycles. The van der Waals surface area contributed by atoms with Crippen molar-refractivity contribution in [3.05, 3.63) is 59.4 Å². The number of hydrogen-bond donors (Lipinski definition) is 1. The molecule has 6 heteroatoms. The molecule has 1 aromatic heterocycles. The Bertz CT molecular complexity index is 599. The number of para-hydroxylation sites is 1. The van der Waals surface area contributed by atoms with Crippen molar-refractivity contribution >= 4 is 0 Å². The van der Waals surface area contributed by atoms with Gasteiger partial charge in [0.15, 0.2) is 0 Å². The molecule has 0 spiro atoms. The zero-order valence-corrected chi connectivity index (χ0v) is 10.6. The standard InChI is InChI=1S/C14H12F3NO2/c1-9-10(6-4-8-18-9)13(19)11-5-2-3-7-12(11)20-14(15,16)17/h2-8,13,19H,1H3. The van der Waals surface area contributed by atoms with Crippen LogP contribution in [0.1, 0.15) is 22.9 Å². The van der Waals surface area contributed by atoms with Gasteiger partial charge in [-0.3, -0.25) is 4.98 Å². The number of hydrogen-bond acceptors (Lipinski definition) is 3. The van der Waals surface area contributed by atoms with E-state index in [1.54, 1.807) is 25.3 Å². The van der Waals surface area contributed by atoms with Crippen LogP contribution < -0.4 is 4.74 Å². The van der Waals surface area contributed by atoms with Gasteiger partial charge in [-0.1, -0.05) is 24.3 Å². The average Bonchev–Trinajstić information content (AvgIpc) is 2.37. The third-order valence-electron chi connectivity index (χ3n) is 2.78. The molecule has 0 saturated heterocycles. The highest BCUT2D eigenvalue weighted by Crippen LogP contribution is 2.33. The van der Waals surface area contributed by atoms with Gasteiger partial charge in [0.05, 0.1) is 0 Å². The van der Waals surface area contributed by atoms with E-state index < -0.39 is 18.2 Å². The molecule has 1 heterocycles. The van der Waals surface area contributed by atoms with Gasteiger partial charge in [0, 0.05) is 23.0 Å². The lowest BCUT2D eigenvalue weighted by Crippen LogP contribution is -2.19. The van der Waals surface area contributed by atoms with E-state index in [0.717, 1.165) is 6.07 Å². The quantitative estimate of drug-likeness (QED) is 0.939. The van der Waals surface area contributed by atoms with Crippen LogP contribution in [0, 0.1) is 6.92 Å². The molecule has 0 aliphatic rings. The first-order valence-electron chi connectivity index (χ1n) is 5.83. The van der Waals surface area contributed by atoms with Gasteiger partial charge in [-0.15, -0.1) is 13.2 Å². The SMILES string of the molecule is Cc1ncccc1C(O)c1ccccc1OC(F)(F)F. The molecule has 0 saturated carbocycles. The minimum Gasteiger partial charge on any atom is -0.405 e. The third-order valence-corrected chi connectivity index (χ3v) is 2.78. The lowest BCUT2D eigenvalue weighted by molar-refractivity contribution is -0.275. The van der Waals surface area contributed by atoms with Gasteiger partial charge >= 0.3 is 6.36 Å². The van der Waals surface area contributed by atoms with E-state index in [1.807, 2.05) is 0 Å². The van der Waals surface area contributed by atoms with Crippen molar-refractivity contribution < 1.29 is 23.0 Å². The van der Waals surface area contributed by atoms with E-state index in [4.69, 9.17) is 0 Å². The molecule has 20 heavy (non-hydrogen) atoms. The van der Waals surface area contributed by atoms with Crippen LogP contribution in [-0.2, 0) is 0 Å². The lowest BCUT2D eigenvalue weighted by atomic mass is 10.00. The molecule has 3 nitrogen and oxygen atoms in total. The summed E-state index contributed by atoms with van der Waals surface area (Å²) in [5.74, 6) is -0.421. The maximum atomic E-state index is 12.4. The number of benzene rings is 1. The van der Waals surface area contributed by atoms with Crippen LogP contribution in [-0.4, -0.2) is 16.5 Å². The Hall–Kier alpha value is -2.08. The minimum atomic E-state index is -4.81. The summed E-state index contributed by atoms with van der Waals surface area (Å²) in [4.78, 5) is 4.01. The molecule has 0 aliphatic heterocycles. The number of pyridine rings is 1. The molecule has 0 fully saturated rings. The second kappa shape index (κ2) is 5.50. The van der Waals surface area contributed by atoms with Gasteiger partial charge in [-0.05, 0) is 19.1 Å². The number of aryl methyl sites for hydroxylation is 1. The Labute approximate surface area is 113 Å². The molecule has 0 bridgehead atoms. The Morgan fingerprint density at radius 1 is 1.10 bits per heavy atom. The van der Waals surface area contributed by atoms with Crippen molar-refractivity contribution in [3.63, 3.8) is 0 Å². The Morgan fingerprint density at radius 2 is 1.75 bits per heavy atom. The normalized spacial score (nSPS) is 13.1. The van der Waals surface area contributed by atoms with Crippen LogP contribution in [0.2, 0.25) is 0 Å². The molecule has 0 radical (unpaired) electrons. The van der Waals surface area contributed by atoms with Gasteiger partial charge in [0.25, 0.3) is 0 Å². The van der Waals surface area contributed by atoms with E-state index in [1.165, 1.54) is 18.2 Å². The highest BCUT2D eigenvalue weighted by Gasteiger charge is 2.33. The number of aromatic nitrogens is 1. The predicted octanol–water partition coefficient (Wildman–Crippen LogP) is 3.37. The van der Waals surface area contributed by atoms with E-state index >= 15 is 0 Å². The fraction of sp³-hybridized carbons (Fsp3) is 0.214. The highest BCUT2D eigenvalue weighted by molar-refractivity contribution is 5.41. The van der Waals surface area contributed by atoms with Crippen molar-refractivity contribution in [3.8, 4) is 5.75 Å². The van der Waals surface area contributed by atoms with Crippen molar-refractivity contribution in [2.45, 2.75) is 19.4 Å². The van der Waals surface area contributed by atoms with E-state index in [2.05, 4.69) is 9.72 Å². The third kappa shape index (κ3) is 3.27. The van der Waals surface area contributed by atoms with Crippen molar-refractivity contribution in [2.75, 3.05) is 0 Å². The lowest BCUT2D eigenvalue weighted by Gasteiger charge is -2.18. The number of aliphatic hydroxyl groups excluding tert-OH is 1. The fourth-order valence-corrected chi connectivity index (χ4v) is 1.88. The topological polar surface area (TPSA) is 42.4 Å². The number of ether oxygens (including phenoxy) is 1. The number of halogens is 3. The van der Waals surface area contributed by atoms with E-state index in [-0.39, 0.29) is 5.56 Å². The number of rotatable bonds is 3. The van der Waals surface area contributed by atoms with Crippen molar-refractivity contribution in [1.29, 1.82) is 0 Å². The minimum absolute atomic E-state index is 0.0425. The number of aliphatic hydroxyl groups is 1. The molecule has 106 valence electrons. The molecule has 2 rings (SSSR count). The van der Waals surface area contributed by atoms with Crippen molar-refractivity contribution in [2.24, 2.45) is 0 Å². The molecule has 1 unspecified atom stereocenters. The van der Waals surface area contributed by atoms with Crippen LogP contribution in [0.5, 0.6) is 5.75 Å². The Morgan fingerprint density at radius 3 is 2.40 bits per heavy atom. The van der Waals surface area contributed by atoms with Gasteiger partial charge in [-0.25, -0.2) is 0 Å². The molecule has 2 aromatic rings. The Kier molecular flexibility index (Phi) is 3.94. The van der Waals surface area contributed by atoms with E-state index in [9.17, 15) is 18.3 Å². The summed E-state index contributed by atoms with van der Waals surface area (Å²) >= 11 is 0. The average molecular weight is 283 g/mol. The zero-order chi connectivity index (χ0) is 14.8. The van der Waals surface area contributed by atoms with E-state index in [0.29, 0.717) is 11.3 Å². The molecule has 0 aliphatic carbocycles. The van der Waals surface area contributed by atoms with Gasteiger partial charge in [0.2, 0.25) is 0 Å². The summed E-state index contributed by atoms with van der Waals surface area (Å²) in [5, 5.41) is 10.3. The second-order valence-corrected chi connectivity index (χ2v) is 4.17. The summed E-state index contributed by atoms with van der Waals surface area (Å²) in [6.07, 6.45) is -4.49. The van der Waals surface area contributed by atoms with Gasteiger partial charge < -0.3 is 9.84 Å². The summed E-state index contributed by atoms with van der Waals surface area (Å²) < 4.78 is 41.0. The summed E-state index contributed by atoms with van der Waals surface area (Å²) in [6, 6.07) is 8.72. The molecular weight excluding hydrogens is 271 g/mol. The van der Waals surface area contributed by atoms with Crippen LogP contribution in [0.15, 0.2) is 42.6 Å². The zero-order valence-electron chi connectivity index (χ0n) is 10.6. The smallest absolute Gasteiger partial charge is 0.405 e. The van der Waals surface area contributed by atoms with Gasteiger partial charge in [0.1, 0.15) is 11.9 Å². The molecule has 1 N–H and O–H groups in total. The highest BCUT2D eigenvalue weighted by atomic mass is 19.4. The molecule has 0 amide bonds. The first-order valence-corrected chi connectivity index (χ1v) is 5.83. The van der Waals surface area contributed by atoms with Gasteiger partial charge in [-0.2, -0.15) is 0 Å². The maximum absolute atomic E-state index is 12.4. The maximum Gasteiger partial charge on any atom is 0.573 e. The number of nitrogens with zero attached hydrogens (tertiary/aromatic N) is 1. The van der Waals surface area contributed by atoms with Crippen LogP contribution in [0.4, 0.5) is 13.2 Å². The first-order chi connectivity index (χ1) is 9.38. The van der Waals surface area contributed by atoms with Crippen LogP contribution >= 0.6 is 0 Å². The number of alkyl halides is 3. The fourth-order valence-electron chi connectivity index (χ4n) is 1.88. The predicted molar refractivity (Wildman–Crippen MR) is 66.2 cm³/mol. The molecular formula is C14H12F3NO2. The largest absolute Gasteiger partial charge is 0.573 e. The first kappa shape index (κ1) is 14.3. The van der Waals surface area contributed by atoms with Crippen molar-refractivity contribution in [1.82, 2.24) is 4.98 Å². The Balaban J connectivity index is 2.40. The summed E-state index contributed by atoms with van der Waals surface area (Å²) in [5.41, 5.74) is 1.02. The summed E-state index contributed by atoms with van der Waals surface area (Å²) in [6.45, 7) is 1.67. The summed E-state index contributed by atoms with van der Waals surface area (Å²) in [7, 11) is 0. The monoisotopic (exact) mass is 283 g/mol. The second-order valence-electron chi connectivity index (χ2n) is 4.17.